The molecular formula is C15H30N4O. The number of nitrogens with zero attached hydrogens (tertiary/aromatic N) is 2. The van der Waals surface area contributed by atoms with E-state index in [4.69, 9.17) is 0 Å². The number of piperazine rings is 1. The lowest BCUT2D eigenvalue weighted by atomic mass is 10.0. The number of nitrogens with one attached hydrogen (secondary N) is 2. The molecular weight excluding hydrogens is 252 g/mol. The maximum Gasteiger partial charge on any atom is 0.237 e. The molecule has 2 heterocycles. The molecule has 2 N–H and O–H groups in total. The van der Waals surface area contributed by atoms with Gasteiger partial charge in [0, 0.05) is 50.8 Å². The minimum Gasteiger partial charge on any atom is -0.350 e. The largest absolute Gasteiger partial charge is 0.350 e. The molecule has 1 atom stereocenters. The molecule has 0 radical (unpaired) electrons. The minimum absolute atomic E-state index is 0.0255. The van der Waals surface area contributed by atoms with Gasteiger partial charge in [0.15, 0.2) is 0 Å². The molecule has 0 aromatic carbocycles. The van der Waals surface area contributed by atoms with Gasteiger partial charge in [-0.2, -0.15) is 0 Å². The summed E-state index contributed by atoms with van der Waals surface area (Å²) < 4.78 is 0. The highest BCUT2D eigenvalue weighted by molar-refractivity contribution is 5.82. The Balaban J connectivity index is 1.78. The van der Waals surface area contributed by atoms with Crippen molar-refractivity contribution in [3.8, 4) is 0 Å². The topological polar surface area (TPSA) is 47.6 Å². The van der Waals surface area contributed by atoms with Crippen molar-refractivity contribution in [1.29, 1.82) is 0 Å². The summed E-state index contributed by atoms with van der Waals surface area (Å²) in [6.45, 7) is 14.7. The highest BCUT2D eigenvalue weighted by atomic mass is 16.2. The fraction of sp³-hybridized carbons (Fsp3) is 0.933. The molecule has 2 fully saturated rings. The van der Waals surface area contributed by atoms with Gasteiger partial charge in [-0.25, -0.2) is 0 Å². The van der Waals surface area contributed by atoms with Crippen LogP contribution in [0.3, 0.4) is 0 Å². The molecule has 0 aromatic rings. The average molecular weight is 282 g/mol. The first kappa shape index (κ1) is 15.7. The summed E-state index contributed by atoms with van der Waals surface area (Å²) in [5.41, 5.74) is -0.106. The normalized spacial score (nSPS) is 24.2. The van der Waals surface area contributed by atoms with E-state index in [0.29, 0.717) is 0 Å². The average Bonchev–Trinajstić information content (AvgIpc) is 2.36. The predicted molar refractivity (Wildman–Crippen MR) is 81.8 cm³/mol. The lowest BCUT2D eigenvalue weighted by Crippen LogP contribution is -2.63. The third kappa shape index (κ3) is 3.71. The summed E-state index contributed by atoms with van der Waals surface area (Å²) >= 11 is 0. The number of rotatable bonds is 5. The summed E-state index contributed by atoms with van der Waals surface area (Å²) in [7, 11) is 0. The number of carbonyl (C=O) groups excluding carboxylic acids is 1. The Hall–Kier alpha value is -0.650. The smallest absolute Gasteiger partial charge is 0.237 e. The van der Waals surface area contributed by atoms with E-state index in [1.807, 2.05) is 6.92 Å². The van der Waals surface area contributed by atoms with Crippen LogP contribution in [0.1, 0.15) is 34.1 Å². The molecule has 0 bridgehead atoms. The second-order valence-corrected chi connectivity index (χ2v) is 6.79. The lowest BCUT2D eigenvalue weighted by molar-refractivity contribution is -0.128. The van der Waals surface area contributed by atoms with Crippen LogP contribution in [0.25, 0.3) is 0 Å². The third-order valence-corrected chi connectivity index (χ3v) is 4.90. The van der Waals surface area contributed by atoms with Crippen molar-refractivity contribution >= 4 is 5.91 Å². The molecule has 0 spiro atoms. The van der Waals surface area contributed by atoms with Crippen LogP contribution in [-0.2, 0) is 4.79 Å². The van der Waals surface area contributed by atoms with Crippen molar-refractivity contribution < 1.29 is 4.79 Å². The number of hydrogen-bond donors (Lipinski definition) is 2. The van der Waals surface area contributed by atoms with Crippen LogP contribution in [0.2, 0.25) is 0 Å². The van der Waals surface area contributed by atoms with Crippen molar-refractivity contribution in [1.82, 2.24) is 20.4 Å². The van der Waals surface area contributed by atoms with Gasteiger partial charge in [0.05, 0.1) is 6.04 Å². The summed E-state index contributed by atoms with van der Waals surface area (Å²) in [5, 5.41) is 6.48. The third-order valence-electron chi connectivity index (χ3n) is 4.90. The van der Waals surface area contributed by atoms with Crippen LogP contribution in [-0.4, -0.2) is 72.6 Å². The molecule has 0 saturated carbocycles. The second kappa shape index (κ2) is 6.41. The highest BCUT2D eigenvalue weighted by Crippen LogP contribution is 2.13. The summed E-state index contributed by atoms with van der Waals surface area (Å²) in [4.78, 5) is 17.2. The van der Waals surface area contributed by atoms with E-state index in [1.165, 1.54) is 0 Å². The van der Waals surface area contributed by atoms with Crippen LogP contribution >= 0.6 is 0 Å². The molecule has 5 heteroatoms. The van der Waals surface area contributed by atoms with E-state index in [9.17, 15) is 4.79 Å². The quantitative estimate of drug-likeness (QED) is 0.760. The van der Waals surface area contributed by atoms with Gasteiger partial charge in [-0.15, -0.1) is 0 Å². The Bertz CT molecular complexity index is 333. The van der Waals surface area contributed by atoms with Crippen LogP contribution in [0.15, 0.2) is 0 Å². The van der Waals surface area contributed by atoms with Crippen molar-refractivity contribution in [2.75, 3.05) is 39.3 Å². The minimum atomic E-state index is -0.106. The fourth-order valence-corrected chi connectivity index (χ4v) is 2.71. The first-order valence-corrected chi connectivity index (χ1v) is 7.94. The van der Waals surface area contributed by atoms with Crippen LogP contribution in [0.5, 0.6) is 0 Å². The standard InChI is InChI=1S/C15H30N4O/c1-5-15(3,4)17-14(20)12(2)18-6-8-19(9-7-18)13-10-16-11-13/h12-13,16H,5-11H2,1-4H3,(H,17,20). The molecule has 116 valence electrons. The van der Waals surface area contributed by atoms with Crippen LogP contribution in [0, 0.1) is 0 Å². The van der Waals surface area contributed by atoms with E-state index in [1.54, 1.807) is 0 Å². The highest BCUT2D eigenvalue weighted by Gasteiger charge is 2.31. The molecule has 0 aromatic heterocycles. The fourth-order valence-electron chi connectivity index (χ4n) is 2.71. The van der Waals surface area contributed by atoms with E-state index < -0.39 is 0 Å². The zero-order valence-electron chi connectivity index (χ0n) is 13.4. The first-order valence-electron chi connectivity index (χ1n) is 7.94. The summed E-state index contributed by atoms with van der Waals surface area (Å²) in [6, 6.07) is 0.697. The van der Waals surface area contributed by atoms with E-state index in [-0.39, 0.29) is 17.5 Å². The molecule has 20 heavy (non-hydrogen) atoms. The maximum atomic E-state index is 12.3. The molecule has 1 amide bonds. The second-order valence-electron chi connectivity index (χ2n) is 6.79. The van der Waals surface area contributed by atoms with Gasteiger partial charge < -0.3 is 10.6 Å². The molecule has 0 aliphatic carbocycles. The van der Waals surface area contributed by atoms with E-state index >= 15 is 0 Å². The van der Waals surface area contributed by atoms with Gasteiger partial charge in [0.1, 0.15) is 0 Å². The molecule has 5 nitrogen and oxygen atoms in total. The molecule has 2 aliphatic heterocycles. The van der Waals surface area contributed by atoms with Gasteiger partial charge in [-0.3, -0.25) is 14.6 Å². The van der Waals surface area contributed by atoms with Crippen LogP contribution in [0.4, 0.5) is 0 Å². The van der Waals surface area contributed by atoms with Gasteiger partial charge in [0.25, 0.3) is 0 Å². The van der Waals surface area contributed by atoms with Crippen molar-refractivity contribution in [3.05, 3.63) is 0 Å². The first-order chi connectivity index (χ1) is 9.43. The zero-order chi connectivity index (χ0) is 14.8. The summed E-state index contributed by atoms with van der Waals surface area (Å²) in [6.07, 6.45) is 0.952. The monoisotopic (exact) mass is 282 g/mol. The Morgan fingerprint density at radius 3 is 2.35 bits per heavy atom. The van der Waals surface area contributed by atoms with Crippen molar-refractivity contribution in [2.45, 2.75) is 51.7 Å². The number of amides is 1. The van der Waals surface area contributed by atoms with Gasteiger partial charge in [0.2, 0.25) is 5.91 Å². The van der Waals surface area contributed by atoms with E-state index in [2.05, 4.69) is 41.2 Å². The Morgan fingerprint density at radius 1 is 1.30 bits per heavy atom. The van der Waals surface area contributed by atoms with Gasteiger partial charge in [-0.05, 0) is 27.2 Å². The van der Waals surface area contributed by atoms with Gasteiger partial charge in [-0.1, -0.05) is 6.92 Å². The Labute approximate surface area is 123 Å². The SMILES string of the molecule is CCC(C)(C)NC(=O)C(C)N1CCN(C2CNC2)CC1. The molecule has 2 aliphatic rings. The molecule has 2 rings (SSSR count). The molecule has 2 saturated heterocycles. The van der Waals surface area contributed by atoms with Crippen molar-refractivity contribution in [2.24, 2.45) is 0 Å². The van der Waals surface area contributed by atoms with E-state index in [0.717, 1.165) is 51.7 Å². The number of carbonyl (C=O) groups is 1. The maximum absolute atomic E-state index is 12.3. The predicted octanol–water partition coefficient (Wildman–Crippen LogP) is 0.269. The zero-order valence-corrected chi connectivity index (χ0v) is 13.4. The lowest BCUT2D eigenvalue weighted by Gasteiger charge is -2.44. The summed E-state index contributed by atoms with van der Waals surface area (Å²) in [5.74, 6) is 0.163. The molecule has 1 unspecified atom stereocenters. The van der Waals surface area contributed by atoms with Crippen LogP contribution < -0.4 is 10.6 Å². The van der Waals surface area contributed by atoms with Crippen molar-refractivity contribution in [3.63, 3.8) is 0 Å². The van der Waals surface area contributed by atoms with Gasteiger partial charge >= 0.3 is 0 Å². The Morgan fingerprint density at radius 2 is 1.90 bits per heavy atom. The Kier molecular flexibility index (Phi) is 5.04. The number of hydrogen-bond acceptors (Lipinski definition) is 4.